The highest BCUT2D eigenvalue weighted by molar-refractivity contribution is 7.80. The Morgan fingerprint density at radius 2 is 1.22 bits per heavy atom. The smallest absolute Gasteiger partial charge is 0.266 e. The molecule has 0 aromatic heterocycles. The molecule has 0 bridgehead atoms. The first-order valence-electron chi connectivity index (χ1n) is 19.2. The van der Waals surface area contributed by atoms with E-state index in [0.717, 1.165) is 29.6 Å². The second-order valence-corrected chi connectivity index (χ2v) is 16.3. The molecule has 6 nitrogen and oxygen atoms in total. The molecule has 0 radical (unpaired) electrons. The Bertz CT molecular complexity index is 2310. The van der Waals surface area contributed by atoms with Crippen molar-refractivity contribution in [2.24, 2.45) is 0 Å². The number of quaternary nitrogens is 1. The van der Waals surface area contributed by atoms with Crippen LogP contribution >= 0.6 is 12.2 Å². The molecular weight excluding hydrogens is 685 g/mol. The number of thiocarbonyl (C=S) groups is 1. The van der Waals surface area contributed by atoms with Gasteiger partial charge < -0.3 is 4.90 Å². The predicted octanol–water partition coefficient (Wildman–Crippen LogP) is 8.56. The number of hydrogen-bond donors (Lipinski definition) is 1. The zero-order valence-corrected chi connectivity index (χ0v) is 33.4. The Hall–Kier alpha value is -5.11. The third kappa shape index (κ3) is 5.19. The molecule has 3 heterocycles. The van der Waals surface area contributed by atoms with Crippen molar-refractivity contribution in [3.63, 3.8) is 0 Å². The number of likely N-dealkylation sites (N-methyl/N-ethyl adjacent to an activating group) is 4. The largest absolute Gasteiger partial charge is 0.347 e. The van der Waals surface area contributed by atoms with Gasteiger partial charge in [0.1, 0.15) is 17.0 Å². The fraction of sp³-hybridized carbons (Fsp3) is 0.298. The van der Waals surface area contributed by atoms with Crippen molar-refractivity contribution in [2.45, 2.75) is 65.2 Å². The van der Waals surface area contributed by atoms with Gasteiger partial charge in [0.25, 0.3) is 11.8 Å². The van der Waals surface area contributed by atoms with Gasteiger partial charge in [0, 0.05) is 48.6 Å². The standard InChI is InChI=1S/C47H48N4O2S/c1-9-50-43(52)40(44(53)51(10-2)45(50)54)39-31(23-27-37-46(3,4)41-33-17-13-11-15-29(33)21-25-35(41)48(37)7)19-20-32(39)24-28-38-47(5,6)42-34-18-14-12-16-30(34)22-26-36(42)49(38)8/h11-18,21-28H,9-10,19-20H2,1-8H3/p+1/b31-23+,32-24+,37-27+,38-28+. The van der Waals surface area contributed by atoms with E-state index in [0.29, 0.717) is 13.1 Å². The number of rotatable bonds is 4. The van der Waals surface area contributed by atoms with Gasteiger partial charge in [-0.05, 0) is 121 Å². The molecule has 54 heavy (non-hydrogen) atoms. The summed E-state index contributed by atoms with van der Waals surface area (Å²) >= 11 is 5.68. The number of nitrogens with zero attached hydrogens (tertiary/aromatic N) is 3. The van der Waals surface area contributed by atoms with Gasteiger partial charge in [-0.15, -0.1) is 0 Å². The van der Waals surface area contributed by atoms with Gasteiger partial charge >= 0.3 is 0 Å². The zero-order chi connectivity index (χ0) is 38.3. The van der Waals surface area contributed by atoms with E-state index in [2.05, 4.69) is 144 Å². The lowest BCUT2D eigenvalue weighted by molar-refractivity contribution is -0.764. The predicted molar refractivity (Wildman–Crippen MR) is 225 cm³/mol. The van der Waals surface area contributed by atoms with Gasteiger partial charge in [0.15, 0.2) is 5.11 Å². The van der Waals surface area contributed by atoms with Crippen LogP contribution in [0.5, 0.6) is 0 Å². The molecule has 3 aliphatic heterocycles. The van der Waals surface area contributed by atoms with E-state index in [1.165, 1.54) is 60.3 Å². The fourth-order valence-corrected chi connectivity index (χ4v) is 10.2. The maximum atomic E-state index is 14.3. The molecule has 2 fully saturated rings. The van der Waals surface area contributed by atoms with Gasteiger partial charge in [0.2, 0.25) is 0 Å². The lowest BCUT2D eigenvalue weighted by atomic mass is 9.81. The van der Waals surface area contributed by atoms with E-state index in [9.17, 15) is 9.59 Å². The number of carbonyl (C=O) groups is 2. The zero-order valence-electron chi connectivity index (χ0n) is 32.6. The van der Waals surface area contributed by atoms with Crippen molar-refractivity contribution in [2.75, 3.05) is 32.1 Å². The van der Waals surface area contributed by atoms with Crippen LogP contribution in [0.15, 0.2) is 131 Å². The molecule has 0 spiro atoms. The van der Waals surface area contributed by atoms with E-state index in [-0.39, 0.29) is 33.3 Å². The third-order valence-electron chi connectivity index (χ3n) is 12.4. The van der Waals surface area contributed by atoms with Gasteiger partial charge in [-0.2, -0.15) is 0 Å². The molecule has 1 aliphatic carbocycles. The Morgan fingerprint density at radius 1 is 0.685 bits per heavy atom. The van der Waals surface area contributed by atoms with E-state index in [1.807, 2.05) is 13.8 Å². The summed E-state index contributed by atoms with van der Waals surface area (Å²) in [6.07, 6.45) is 10.2. The summed E-state index contributed by atoms with van der Waals surface area (Å²) in [5, 5.41) is 5.28. The minimum absolute atomic E-state index is 0.216. The summed E-state index contributed by atoms with van der Waals surface area (Å²) < 4.78 is 0. The van der Waals surface area contributed by atoms with Crippen molar-refractivity contribution in [1.82, 2.24) is 9.80 Å². The summed E-state index contributed by atoms with van der Waals surface area (Å²) in [6.45, 7) is 13.8. The highest BCUT2D eigenvalue weighted by atomic mass is 32.1. The monoisotopic (exact) mass is 733 g/mol. The maximum absolute atomic E-state index is 14.3. The van der Waals surface area contributed by atoms with Crippen molar-refractivity contribution < 1.29 is 14.5 Å². The molecule has 1 saturated carbocycles. The highest BCUT2D eigenvalue weighted by Gasteiger charge is 2.46. The molecule has 4 aliphatic rings. The minimum Gasteiger partial charge on any atom is -0.347 e. The first-order chi connectivity index (χ1) is 25.8. The first-order valence-corrected chi connectivity index (χ1v) is 19.6. The molecule has 4 aromatic rings. The maximum Gasteiger partial charge on any atom is 0.266 e. The molecule has 1 N–H and O–H groups in total. The number of fused-ring (bicyclic) bond motifs is 6. The van der Waals surface area contributed by atoms with Gasteiger partial charge in [-0.25, -0.2) is 0 Å². The number of allylic oxidation sites excluding steroid dienone is 9. The van der Waals surface area contributed by atoms with Crippen LogP contribution in [0.2, 0.25) is 0 Å². The van der Waals surface area contributed by atoms with Crippen LogP contribution in [0.25, 0.3) is 21.5 Å². The number of amides is 2. The van der Waals surface area contributed by atoms with Crippen LogP contribution in [0, 0.1) is 0 Å². The van der Waals surface area contributed by atoms with Crippen LogP contribution in [0.1, 0.15) is 65.5 Å². The van der Waals surface area contributed by atoms with Gasteiger partial charge in [0.05, 0.1) is 12.5 Å². The van der Waals surface area contributed by atoms with Gasteiger partial charge in [-0.3, -0.25) is 24.3 Å². The Labute approximate surface area is 324 Å². The summed E-state index contributed by atoms with van der Waals surface area (Å²) in [5.41, 5.74) is 10.0. The number of carbonyl (C=O) groups excluding carboxylic acids is 2. The summed E-state index contributed by atoms with van der Waals surface area (Å²) in [7, 11) is 4.35. The van der Waals surface area contributed by atoms with E-state index in [4.69, 9.17) is 12.2 Å². The fourth-order valence-electron chi connectivity index (χ4n) is 9.73. The molecular formula is C47H49N4O2S+. The van der Waals surface area contributed by atoms with E-state index in [1.54, 1.807) is 9.80 Å². The minimum atomic E-state index is -0.314. The van der Waals surface area contributed by atoms with Crippen molar-refractivity contribution in [3.05, 3.63) is 142 Å². The molecule has 4 aromatic carbocycles. The molecule has 7 heteroatoms. The average molecular weight is 734 g/mol. The van der Waals surface area contributed by atoms with Gasteiger partial charge in [-0.1, -0.05) is 80.6 Å². The molecule has 1 atom stereocenters. The molecule has 8 rings (SSSR count). The highest BCUT2D eigenvalue weighted by Crippen LogP contribution is 2.50. The van der Waals surface area contributed by atoms with Crippen molar-refractivity contribution >= 4 is 62.1 Å². The molecule has 1 saturated heterocycles. The number of anilines is 1. The Morgan fingerprint density at radius 3 is 1.81 bits per heavy atom. The quantitative estimate of drug-likeness (QED) is 0.130. The van der Waals surface area contributed by atoms with E-state index >= 15 is 0 Å². The van der Waals surface area contributed by atoms with Crippen LogP contribution in [-0.4, -0.2) is 53.9 Å². The van der Waals surface area contributed by atoms with Crippen molar-refractivity contribution in [1.29, 1.82) is 0 Å². The van der Waals surface area contributed by atoms with Crippen LogP contribution < -0.4 is 9.80 Å². The third-order valence-corrected chi connectivity index (χ3v) is 12.8. The van der Waals surface area contributed by atoms with E-state index < -0.39 is 0 Å². The number of nitrogens with one attached hydrogen (secondary N) is 1. The first kappa shape index (κ1) is 35.9. The number of benzene rings is 4. The SMILES string of the molecule is CCN1C(=O)C(=C2/C(=C/C=C3/N(C)c4ccc5ccccc5c4C3(C)C)CC/C2=C\C=C2\[NH+](C)c3ccc4ccccc4c3C2(C)C)C(=O)N(CC)C1=S. The van der Waals surface area contributed by atoms with Crippen molar-refractivity contribution in [3.8, 4) is 0 Å². The lowest BCUT2D eigenvalue weighted by Crippen LogP contribution is -3.01. The summed E-state index contributed by atoms with van der Waals surface area (Å²) in [4.78, 5) is 35.4. The normalized spacial score (nSPS) is 23.7. The molecule has 2 amide bonds. The second kappa shape index (κ2) is 13.0. The number of hydrogen-bond acceptors (Lipinski definition) is 4. The molecule has 1 unspecified atom stereocenters. The van der Waals surface area contributed by atoms with Crippen LogP contribution in [0.3, 0.4) is 0 Å². The molecule has 274 valence electrons. The summed E-state index contributed by atoms with van der Waals surface area (Å²) in [5.74, 6) is -0.627. The van der Waals surface area contributed by atoms with Crippen LogP contribution in [-0.2, 0) is 20.4 Å². The van der Waals surface area contributed by atoms with Crippen LogP contribution in [0.4, 0.5) is 11.4 Å². The Balaban J connectivity index is 1.28. The topological polar surface area (TPSA) is 48.3 Å². The summed E-state index contributed by atoms with van der Waals surface area (Å²) in [6, 6.07) is 26.1. The second-order valence-electron chi connectivity index (χ2n) is 16.0. The Kier molecular flexibility index (Phi) is 8.66. The lowest BCUT2D eigenvalue weighted by Gasteiger charge is -2.36. The average Bonchev–Trinajstić information content (AvgIpc) is 3.70.